The van der Waals surface area contributed by atoms with Gasteiger partial charge in [0.15, 0.2) is 0 Å². The van der Waals surface area contributed by atoms with Gasteiger partial charge in [-0.15, -0.1) is 0 Å². The monoisotopic (exact) mass is 622 g/mol. The SMILES string of the molecule is COc1ccccc1NC(=O)c1cc2cc(Br)ccc2cc1OC(=O)[C@H](Cc1ccccc1)NC(=O)c1ccccc1. The summed E-state index contributed by atoms with van der Waals surface area (Å²) in [6.45, 7) is 0. The number of amides is 2. The van der Waals surface area contributed by atoms with E-state index in [0.717, 1.165) is 20.8 Å². The Kier molecular flexibility index (Phi) is 8.94. The third-order valence-corrected chi connectivity index (χ3v) is 7.11. The first-order valence-corrected chi connectivity index (χ1v) is 14.0. The van der Waals surface area contributed by atoms with E-state index >= 15 is 0 Å². The molecule has 42 heavy (non-hydrogen) atoms. The summed E-state index contributed by atoms with van der Waals surface area (Å²) in [4.78, 5) is 40.4. The van der Waals surface area contributed by atoms with Crippen LogP contribution in [0.3, 0.4) is 0 Å². The lowest BCUT2D eigenvalue weighted by Crippen LogP contribution is -2.44. The highest BCUT2D eigenvalue weighted by Crippen LogP contribution is 2.31. The highest BCUT2D eigenvalue weighted by Gasteiger charge is 2.26. The van der Waals surface area contributed by atoms with E-state index in [1.165, 1.54) is 7.11 Å². The molecule has 2 N–H and O–H groups in total. The number of para-hydroxylation sites is 2. The van der Waals surface area contributed by atoms with Gasteiger partial charge in [0.25, 0.3) is 11.8 Å². The Labute approximate surface area is 251 Å². The molecule has 0 radical (unpaired) electrons. The molecular weight excluding hydrogens is 596 g/mol. The second-order valence-corrected chi connectivity index (χ2v) is 10.4. The Balaban J connectivity index is 1.49. The lowest BCUT2D eigenvalue weighted by atomic mass is 10.0. The molecule has 2 amide bonds. The maximum Gasteiger partial charge on any atom is 0.334 e. The summed E-state index contributed by atoms with van der Waals surface area (Å²) in [6.07, 6.45) is 0.196. The highest BCUT2D eigenvalue weighted by molar-refractivity contribution is 9.10. The van der Waals surface area contributed by atoms with Crippen molar-refractivity contribution in [2.75, 3.05) is 12.4 Å². The number of esters is 1. The summed E-state index contributed by atoms with van der Waals surface area (Å²) in [5.41, 5.74) is 1.86. The van der Waals surface area contributed by atoms with Crippen molar-refractivity contribution >= 4 is 50.2 Å². The maximum absolute atomic E-state index is 13.7. The smallest absolute Gasteiger partial charge is 0.334 e. The average molecular weight is 624 g/mol. The average Bonchev–Trinajstić information content (AvgIpc) is 3.01. The summed E-state index contributed by atoms with van der Waals surface area (Å²) < 4.78 is 12.1. The topological polar surface area (TPSA) is 93.7 Å². The number of fused-ring (bicyclic) bond motifs is 1. The van der Waals surface area contributed by atoms with Gasteiger partial charge in [0.1, 0.15) is 17.5 Å². The Morgan fingerprint density at radius 1 is 0.738 bits per heavy atom. The summed E-state index contributed by atoms with van der Waals surface area (Å²) >= 11 is 3.48. The van der Waals surface area contributed by atoms with Gasteiger partial charge < -0.3 is 20.1 Å². The molecule has 0 aliphatic rings. The zero-order valence-electron chi connectivity index (χ0n) is 22.7. The minimum absolute atomic E-state index is 0.0641. The zero-order valence-corrected chi connectivity index (χ0v) is 24.3. The Morgan fingerprint density at radius 2 is 1.43 bits per heavy atom. The van der Waals surface area contributed by atoms with Crippen LogP contribution in [0.5, 0.6) is 11.5 Å². The van der Waals surface area contributed by atoms with Crippen LogP contribution >= 0.6 is 15.9 Å². The highest BCUT2D eigenvalue weighted by atomic mass is 79.9. The standard InChI is InChI=1S/C34H27BrN2O5/c1-41-30-15-9-8-14-28(30)36-33(39)27-20-25-19-26(35)17-16-24(25)21-31(27)42-34(40)29(18-22-10-4-2-5-11-22)37-32(38)23-12-6-3-7-13-23/h2-17,19-21,29H,18H2,1H3,(H,36,39)(H,37,38)/t29-/m0/s1. The van der Waals surface area contributed by atoms with Crippen LogP contribution in [0.4, 0.5) is 5.69 Å². The minimum Gasteiger partial charge on any atom is -0.495 e. The molecule has 0 aromatic heterocycles. The third kappa shape index (κ3) is 6.85. The Morgan fingerprint density at radius 3 is 2.17 bits per heavy atom. The second kappa shape index (κ2) is 13.1. The first-order valence-electron chi connectivity index (χ1n) is 13.2. The predicted molar refractivity (Wildman–Crippen MR) is 166 cm³/mol. The number of nitrogens with one attached hydrogen (secondary N) is 2. The molecule has 0 saturated carbocycles. The molecular formula is C34H27BrN2O5. The van der Waals surface area contributed by atoms with Crippen molar-refractivity contribution in [3.05, 3.63) is 136 Å². The fraction of sp³-hybridized carbons (Fsp3) is 0.0882. The fourth-order valence-electron chi connectivity index (χ4n) is 4.50. The molecule has 7 nitrogen and oxygen atoms in total. The number of carbonyl (C=O) groups excluding carboxylic acids is 3. The molecule has 5 aromatic rings. The summed E-state index contributed by atoms with van der Waals surface area (Å²) in [7, 11) is 1.52. The van der Waals surface area contributed by atoms with E-state index in [1.54, 1.807) is 60.7 Å². The van der Waals surface area contributed by atoms with E-state index in [4.69, 9.17) is 9.47 Å². The van der Waals surface area contributed by atoms with Gasteiger partial charge in [0, 0.05) is 16.5 Å². The van der Waals surface area contributed by atoms with Crippen molar-refractivity contribution in [2.24, 2.45) is 0 Å². The van der Waals surface area contributed by atoms with Gasteiger partial charge in [0.05, 0.1) is 18.4 Å². The molecule has 210 valence electrons. The predicted octanol–water partition coefficient (Wildman–Crippen LogP) is 6.81. The van der Waals surface area contributed by atoms with E-state index in [2.05, 4.69) is 26.6 Å². The van der Waals surface area contributed by atoms with E-state index in [1.807, 2.05) is 54.6 Å². The van der Waals surface area contributed by atoms with Crippen LogP contribution in [0, 0.1) is 0 Å². The summed E-state index contributed by atoms with van der Waals surface area (Å²) in [5, 5.41) is 7.21. The van der Waals surface area contributed by atoms with Gasteiger partial charge in [-0.1, -0.05) is 82.7 Å². The lowest BCUT2D eigenvalue weighted by molar-refractivity contribution is -0.136. The zero-order chi connectivity index (χ0) is 29.5. The number of hydrogen-bond donors (Lipinski definition) is 2. The van der Waals surface area contributed by atoms with E-state index in [-0.39, 0.29) is 17.7 Å². The Bertz CT molecular complexity index is 1740. The molecule has 5 rings (SSSR count). The van der Waals surface area contributed by atoms with Gasteiger partial charge in [-0.25, -0.2) is 4.79 Å². The van der Waals surface area contributed by atoms with Crippen molar-refractivity contribution in [3.8, 4) is 11.5 Å². The molecule has 0 aliphatic carbocycles. The quantitative estimate of drug-likeness (QED) is 0.139. The molecule has 0 heterocycles. The Hall–Kier alpha value is -4.95. The number of hydrogen-bond acceptors (Lipinski definition) is 5. The van der Waals surface area contributed by atoms with Crippen LogP contribution in [0.25, 0.3) is 10.8 Å². The number of rotatable bonds is 9. The first-order chi connectivity index (χ1) is 20.4. The number of halogens is 1. The van der Waals surface area contributed by atoms with E-state index in [0.29, 0.717) is 17.0 Å². The van der Waals surface area contributed by atoms with Crippen molar-refractivity contribution in [1.82, 2.24) is 5.32 Å². The minimum atomic E-state index is -1.02. The van der Waals surface area contributed by atoms with Gasteiger partial charge in [-0.3, -0.25) is 9.59 Å². The third-order valence-electron chi connectivity index (χ3n) is 6.62. The second-order valence-electron chi connectivity index (χ2n) is 9.50. The van der Waals surface area contributed by atoms with Gasteiger partial charge in [-0.2, -0.15) is 0 Å². The van der Waals surface area contributed by atoms with Crippen molar-refractivity contribution in [3.63, 3.8) is 0 Å². The molecule has 0 bridgehead atoms. The summed E-state index contributed by atoms with van der Waals surface area (Å²) in [5.74, 6) is -1.05. The summed E-state index contributed by atoms with van der Waals surface area (Å²) in [6, 6.07) is 32.9. The molecule has 1 atom stereocenters. The molecule has 5 aromatic carbocycles. The van der Waals surface area contributed by atoms with E-state index < -0.39 is 23.8 Å². The lowest BCUT2D eigenvalue weighted by Gasteiger charge is -2.19. The van der Waals surface area contributed by atoms with Crippen LogP contribution in [0.15, 0.2) is 120 Å². The molecule has 0 saturated heterocycles. The van der Waals surface area contributed by atoms with E-state index in [9.17, 15) is 14.4 Å². The normalized spacial score (nSPS) is 11.4. The fourth-order valence-corrected chi connectivity index (χ4v) is 4.88. The van der Waals surface area contributed by atoms with Crippen molar-refractivity contribution in [1.29, 1.82) is 0 Å². The van der Waals surface area contributed by atoms with Crippen LogP contribution in [0.1, 0.15) is 26.3 Å². The molecule has 0 aliphatic heterocycles. The van der Waals surface area contributed by atoms with Gasteiger partial charge in [0.2, 0.25) is 0 Å². The van der Waals surface area contributed by atoms with Gasteiger partial charge in [-0.05, 0) is 64.9 Å². The first kappa shape index (κ1) is 28.6. The van der Waals surface area contributed by atoms with Crippen LogP contribution < -0.4 is 20.1 Å². The van der Waals surface area contributed by atoms with Crippen LogP contribution in [-0.4, -0.2) is 30.9 Å². The largest absolute Gasteiger partial charge is 0.495 e. The number of ether oxygens (including phenoxy) is 2. The molecule has 0 fully saturated rings. The number of carbonyl (C=O) groups is 3. The van der Waals surface area contributed by atoms with Crippen molar-refractivity contribution in [2.45, 2.75) is 12.5 Å². The van der Waals surface area contributed by atoms with Crippen LogP contribution in [-0.2, 0) is 11.2 Å². The van der Waals surface area contributed by atoms with Crippen LogP contribution in [0.2, 0.25) is 0 Å². The maximum atomic E-state index is 13.7. The number of methoxy groups -OCH3 is 1. The number of anilines is 1. The number of benzene rings is 5. The molecule has 0 unspecified atom stereocenters. The molecule has 8 heteroatoms. The van der Waals surface area contributed by atoms with Gasteiger partial charge >= 0.3 is 5.97 Å². The molecule has 0 spiro atoms. The van der Waals surface area contributed by atoms with Crippen molar-refractivity contribution < 1.29 is 23.9 Å².